The highest BCUT2D eigenvalue weighted by Crippen LogP contribution is 2.13. The average molecular weight is 239 g/mol. The maximum absolute atomic E-state index is 10.9. The lowest BCUT2D eigenvalue weighted by atomic mass is 10.3. The van der Waals surface area contributed by atoms with Crippen molar-refractivity contribution >= 4 is 18.4 Å². The SMILES string of the molecule is Cc1ncc(C(=O)O)n1-c1ccccc1.Cl. The standard InChI is InChI=1S/C11H10N2O2.ClH/c1-8-12-7-10(11(14)15)13(8)9-5-3-2-4-6-9;/h2-7H,1H3,(H,14,15);1H. The van der Waals surface area contributed by atoms with Crippen LogP contribution in [-0.4, -0.2) is 20.6 Å². The van der Waals surface area contributed by atoms with Gasteiger partial charge in [0, 0.05) is 5.69 Å². The van der Waals surface area contributed by atoms with Gasteiger partial charge in [-0.05, 0) is 19.1 Å². The molecule has 0 atom stereocenters. The van der Waals surface area contributed by atoms with E-state index in [2.05, 4.69) is 4.98 Å². The van der Waals surface area contributed by atoms with Crippen molar-refractivity contribution in [1.82, 2.24) is 9.55 Å². The topological polar surface area (TPSA) is 55.1 Å². The molecule has 0 radical (unpaired) electrons. The summed E-state index contributed by atoms with van der Waals surface area (Å²) in [7, 11) is 0. The van der Waals surface area contributed by atoms with E-state index in [1.54, 1.807) is 11.5 Å². The minimum absolute atomic E-state index is 0. The first-order valence-corrected chi connectivity index (χ1v) is 4.53. The number of halogens is 1. The molecule has 0 spiro atoms. The Morgan fingerprint density at radius 2 is 1.94 bits per heavy atom. The van der Waals surface area contributed by atoms with E-state index in [1.165, 1.54) is 6.20 Å². The molecule has 16 heavy (non-hydrogen) atoms. The summed E-state index contributed by atoms with van der Waals surface area (Å²) in [4.78, 5) is 14.9. The van der Waals surface area contributed by atoms with Crippen LogP contribution in [0.1, 0.15) is 16.3 Å². The van der Waals surface area contributed by atoms with Crippen molar-refractivity contribution in [2.75, 3.05) is 0 Å². The van der Waals surface area contributed by atoms with Crippen LogP contribution in [-0.2, 0) is 0 Å². The van der Waals surface area contributed by atoms with Crippen molar-refractivity contribution < 1.29 is 9.90 Å². The first-order chi connectivity index (χ1) is 7.20. The highest BCUT2D eigenvalue weighted by molar-refractivity contribution is 5.86. The molecule has 0 bridgehead atoms. The lowest BCUT2D eigenvalue weighted by Crippen LogP contribution is -2.07. The molecule has 5 heteroatoms. The van der Waals surface area contributed by atoms with Crippen LogP contribution < -0.4 is 0 Å². The zero-order valence-electron chi connectivity index (χ0n) is 8.62. The molecule has 0 saturated heterocycles. The third kappa shape index (κ3) is 2.06. The van der Waals surface area contributed by atoms with Crippen molar-refractivity contribution in [2.45, 2.75) is 6.92 Å². The van der Waals surface area contributed by atoms with E-state index in [1.807, 2.05) is 30.3 Å². The fraction of sp³-hybridized carbons (Fsp3) is 0.0909. The van der Waals surface area contributed by atoms with Crippen LogP contribution in [0.2, 0.25) is 0 Å². The molecule has 0 fully saturated rings. The minimum Gasteiger partial charge on any atom is -0.477 e. The summed E-state index contributed by atoms with van der Waals surface area (Å²) in [5.41, 5.74) is 0.989. The van der Waals surface area contributed by atoms with Crippen LogP contribution in [0.5, 0.6) is 0 Å². The number of nitrogens with zero attached hydrogens (tertiary/aromatic N) is 2. The van der Waals surface area contributed by atoms with Crippen LogP contribution in [0, 0.1) is 6.92 Å². The smallest absolute Gasteiger partial charge is 0.354 e. The van der Waals surface area contributed by atoms with Gasteiger partial charge in [0.25, 0.3) is 0 Å². The summed E-state index contributed by atoms with van der Waals surface area (Å²) < 4.78 is 1.61. The van der Waals surface area contributed by atoms with Crippen molar-refractivity contribution in [1.29, 1.82) is 0 Å². The predicted molar refractivity (Wildman–Crippen MR) is 62.5 cm³/mol. The molecule has 2 aromatic rings. The summed E-state index contributed by atoms with van der Waals surface area (Å²) in [6, 6.07) is 9.30. The van der Waals surface area contributed by atoms with Gasteiger partial charge in [-0.15, -0.1) is 12.4 Å². The van der Waals surface area contributed by atoms with Gasteiger partial charge in [0.05, 0.1) is 6.20 Å². The molecule has 84 valence electrons. The van der Waals surface area contributed by atoms with Crippen LogP contribution in [0.25, 0.3) is 5.69 Å². The highest BCUT2D eigenvalue weighted by atomic mass is 35.5. The van der Waals surface area contributed by atoms with Gasteiger partial charge in [-0.3, -0.25) is 4.57 Å². The fourth-order valence-electron chi connectivity index (χ4n) is 1.50. The van der Waals surface area contributed by atoms with E-state index < -0.39 is 5.97 Å². The molecule has 4 nitrogen and oxygen atoms in total. The van der Waals surface area contributed by atoms with Crippen molar-refractivity contribution in [3.8, 4) is 5.69 Å². The second-order valence-corrected chi connectivity index (χ2v) is 3.17. The maximum atomic E-state index is 10.9. The predicted octanol–water partition coefficient (Wildman–Crippen LogP) is 2.30. The Hall–Kier alpha value is -1.81. The average Bonchev–Trinajstić information content (AvgIpc) is 2.61. The molecule has 0 aliphatic rings. The quantitative estimate of drug-likeness (QED) is 0.874. The van der Waals surface area contributed by atoms with Crippen LogP contribution in [0.15, 0.2) is 36.5 Å². The van der Waals surface area contributed by atoms with E-state index in [0.717, 1.165) is 5.69 Å². The van der Waals surface area contributed by atoms with Gasteiger partial charge in [-0.1, -0.05) is 18.2 Å². The molecular weight excluding hydrogens is 228 g/mol. The number of para-hydroxylation sites is 1. The van der Waals surface area contributed by atoms with E-state index in [-0.39, 0.29) is 18.1 Å². The van der Waals surface area contributed by atoms with Crippen LogP contribution in [0.4, 0.5) is 0 Å². The zero-order chi connectivity index (χ0) is 10.8. The lowest BCUT2D eigenvalue weighted by molar-refractivity contribution is 0.0688. The van der Waals surface area contributed by atoms with E-state index in [0.29, 0.717) is 5.82 Å². The van der Waals surface area contributed by atoms with Gasteiger partial charge in [0.15, 0.2) is 5.69 Å². The van der Waals surface area contributed by atoms with Gasteiger partial charge in [-0.25, -0.2) is 9.78 Å². The molecule has 0 amide bonds. The number of hydrogen-bond donors (Lipinski definition) is 1. The van der Waals surface area contributed by atoms with Gasteiger partial charge in [0.2, 0.25) is 0 Å². The Bertz CT molecular complexity index is 494. The Kier molecular flexibility index (Phi) is 3.68. The first kappa shape index (κ1) is 12.3. The minimum atomic E-state index is -0.973. The van der Waals surface area contributed by atoms with Crippen molar-refractivity contribution in [3.63, 3.8) is 0 Å². The summed E-state index contributed by atoms with van der Waals surface area (Å²) >= 11 is 0. The number of aromatic carboxylic acids is 1. The van der Waals surface area contributed by atoms with E-state index in [4.69, 9.17) is 5.11 Å². The largest absolute Gasteiger partial charge is 0.477 e. The molecule has 1 N–H and O–H groups in total. The monoisotopic (exact) mass is 238 g/mol. The molecule has 1 aromatic heterocycles. The number of carboxylic acid groups (broad SMARTS) is 1. The molecular formula is C11H11ClN2O2. The van der Waals surface area contributed by atoms with E-state index in [9.17, 15) is 4.79 Å². The number of carboxylic acids is 1. The van der Waals surface area contributed by atoms with Crippen molar-refractivity contribution in [2.24, 2.45) is 0 Å². The number of rotatable bonds is 2. The second-order valence-electron chi connectivity index (χ2n) is 3.17. The third-order valence-corrected chi connectivity index (χ3v) is 2.17. The summed E-state index contributed by atoms with van der Waals surface area (Å²) in [6.45, 7) is 1.78. The Morgan fingerprint density at radius 1 is 1.31 bits per heavy atom. The number of aryl methyl sites for hydroxylation is 1. The fourth-order valence-corrected chi connectivity index (χ4v) is 1.50. The number of imidazole rings is 1. The summed E-state index contributed by atoms with van der Waals surface area (Å²) in [5, 5.41) is 8.98. The molecule has 0 saturated carbocycles. The number of hydrogen-bond acceptors (Lipinski definition) is 2. The van der Waals surface area contributed by atoms with Crippen LogP contribution >= 0.6 is 12.4 Å². The lowest BCUT2D eigenvalue weighted by Gasteiger charge is -2.06. The summed E-state index contributed by atoms with van der Waals surface area (Å²) in [5.74, 6) is -0.307. The van der Waals surface area contributed by atoms with Gasteiger partial charge in [0.1, 0.15) is 5.82 Å². The zero-order valence-corrected chi connectivity index (χ0v) is 9.44. The summed E-state index contributed by atoms with van der Waals surface area (Å²) in [6.07, 6.45) is 1.37. The second kappa shape index (κ2) is 4.81. The number of carbonyl (C=O) groups is 1. The van der Waals surface area contributed by atoms with E-state index >= 15 is 0 Å². The highest BCUT2D eigenvalue weighted by Gasteiger charge is 2.13. The normalized spacial score (nSPS) is 9.56. The van der Waals surface area contributed by atoms with Crippen LogP contribution in [0.3, 0.4) is 0 Å². The maximum Gasteiger partial charge on any atom is 0.354 e. The van der Waals surface area contributed by atoms with Gasteiger partial charge in [-0.2, -0.15) is 0 Å². The first-order valence-electron chi connectivity index (χ1n) is 4.53. The van der Waals surface area contributed by atoms with Crippen molar-refractivity contribution in [3.05, 3.63) is 48.0 Å². The molecule has 0 unspecified atom stereocenters. The molecule has 2 rings (SSSR count). The van der Waals surface area contributed by atoms with Gasteiger partial charge >= 0.3 is 5.97 Å². The molecule has 0 aliphatic heterocycles. The molecule has 1 heterocycles. The molecule has 0 aliphatic carbocycles. The number of aromatic nitrogens is 2. The Balaban J connectivity index is 0.00000128. The Labute approximate surface area is 99.0 Å². The van der Waals surface area contributed by atoms with Gasteiger partial charge < -0.3 is 5.11 Å². The molecule has 1 aromatic carbocycles. The number of benzene rings is 1. The Morgan fingerprint density at radius 3 is 2.50 bits per heavy atom. The third-order valence-electron chi connectivity index (χ3n) is 2.17.